The molecule has 0 aromatic heterocycles. The molecule has 15 heavy (non-hydrogen) atoms. The smallest absolute Gasteiger partial charge is 0.0743 e. The summed E-state index contributed by atoms with van der Waals surface area (Å²) in [5.74, 6) is 0. The van der Waals surface area contributed by atoms with Crippen molar-refractivity contribution in [1.29, 1.82) is 0 Å². The number of methoxy groups -OCH3 is 1. The summed E-state index contributed by atoms with van der Waals surface area (Å²) in [5, 5.41) is 13.3. The highest BCUT2D eigenvalue weighted by molar-refractivity contribution is 4.78. The van der Waals surface area contributed by atoms with E-state index in [0.29, 0.717) is 13.2 Å². The van der Waals surface area contributed by atoms with Crippen LogP contribution >= 0.6 is 0 Å². The fourth-order valence-corrected chi connectivity index (χ4v) is 1.26. The quantitative estimate of drug-likeness (QED) is 0.639. The van der Waals surface area contributed by atoms with E-state index >= 15 is 0 Å². The molecule has 0 bridgehead atoms. The Morgan fingerprint density at radius 2 is 1.73 bits per heavy atom. The Morgan fingerprint density at radius 3 is 2.20 bits per heavy atom. The lowest BCUT2D eigenvalue weighted by Crippen LogP contribution is -2.39. The Bertz CT molecular complexity index is 161. The molecular formula is C12H27NO2. The Balaban J connectivity index is 3.67. The van der Waals surface area contributed by atoms with Crippen LogP contribution in [0.2, 0.25) is 0 Å². The van der Waals surface area contributed by atoms with E-state index in [-0.39, 0.29) is 5.41 Å². The Labute approximate surface area is 94.2 Å². The number of ether oxygens (including phenoxy) is 1. The summed E-state index contributed by atoms with van der Waals surface area (Å²) in [5.41, 5.74) is -0.322. The minimum atomic E-state index is -0.610. The van der Waals surface area contributed by atoms with Gasteiger partial charge in [-0.15, -0.1) is 0 Å². The monoisotopic (exact) mass is 217 g/mol. The molecule has 0 rings (SSSR count). The van der Waals surface area contributed by atoms with Crippen molar-refractivity contribution < 1.29 is 9.84 Å². The SMILES string of the molecule is COCCNCC(C)(O)CCC(C)(C)C. The van der Waals surface area contributed by atoms with Crippen LogP contribution in [0.1, 0.15) is 40.5 Å². The highest BCUT2D eigenvalue weighted by Crippen LogP contribution is 2.25. The third-order valence-corrected chi connectivity index (χ3v) is 2.40. The van der Waals surface area contributed by atoms with E-state index in [1.165, 1.54) is 0 Å². The maximum atomic E-state index is 10.1. The van der Waals surface area contributed by atoms with Gasteiger partial charge in [-0.3, -0.25) is 0 Å². The lowest BCUT2D eigenvalue weighted by atomic mass is 9.85. The van der Waals surface area contributed by atoms with Crippen molar-refractivity contribution in [2.75, 3.05) is 26.8 Å². The van der Waals surface area contributed by atoms with Crippen LogP contribution in [0, 0.1) is 5.41 Å². The van der Waals surface area contributed by atoms with Gasteiger partial charge in [0.15, 0.2) is 0 Å². The van der Waals surface area contributed by atoms with Gasteiger partial charge in [0.05, 0.1) is 12.2 Å². The number of nitrogens with one attached hydrogen (secondary N) is 1. The van der Waals surface area contributed by atoms with Crippen LogP contribution in [-0.2, 0) is 4.74 Å². The number of hydrogen-bond donors (Lipinski definition) is 2. The van der Waals surface area contributed by atoms with Crippen molar-refractivity contribution in [1.82, 2.24) is 5.32 Å². The highest BCUT2D eigenvalue weighted by Gasteiger charge is 2.22. The third kappa shape index (κ3) is 10.2. The minimum absolute atomic E-state index is 0.288. The summed E-state index contributed by atoms with van der Waals surface area (Å²) in [6, 6.07) is 0. The summed E-state index contributed by atoms with van der Waals surface area (Å²) >= 11 is 0. The van der Waals surface area contributed by atoms with Crippen LogP contribution in [0.3, 0.4) is 0 Å². The van der Waals surface area contributed by atoms with Crippen LogP contribution in [-0.4, -0.2) is 37.5 Å². The molecule has 0 amide bonds. The average Bonchev–Trinajstić information content (AvgIpc) is 2.09. The molecule has 0 aliphatic rings. The second-order valence-electron chi connectivity index (χ2n) is 5.73. The zero-order valence-electron chi connectivity index (χ0n) is 10.9. The predicted molar refractivity (Wildman–Crippen MR) is 64.1 cm³/mol. The maximum Gasteiger partial charge on any atom is 0.0743 e. The number of hydrogen-bond acceptors (Lipinski definition) is 3. The van der Waals surface area contributed by atoms with Gasteiger partial charge in [0, 0.05) is 20.2 Å². The molecule has 0 saturated carbocycles. The second kappa shape index (κ2) is 6.46. The maximum absolute atomic E-state index is 10.1. The molecule has 0 aromatic rings. The van der Waals surface area contributed by atoms with Crippen molar-refractivity contribution in [2.45, 2.75) is 46.1 Å². The molecule has 0 aliphatic heterocycles. The van der Waals surface area contributed by atoms with E-state index < -0.39 is 5.60 Å². The fraction of sp³-hybridized carbons (Fsp3) is 1.00. The first kappa shape index (κ1) is 14.9. The van der Waals surface area contributed by atoms with E-state index in [0.717, 1.165) is 19.4 Å². The highest BCUT2D eigenvalue weighted by atomic mass is 16.5. The van der Waals surface area contributed by atoms with Crippen LogP contribution in [0.15, 0.2) is 0 Å². The molecule has 0 heterocycles. The van der Waals surface area contributed by atoms with Gasteiger partial charge in [-0.1, -0.05) is 20.8 Å². The van der Waals surface area contributed by atoms with Gasteiger partial charge < -0.3 is 15.2 Å². The molecule has 3 nitrogen and oxygen atoms in total. The lowest BCUT2D eigenvalue weighted by molar-refractivity contribution is 0.0380. The first-order chi connectivity index (χ1) is 6.77. The second-order valence-corrected chi connectivity index (χ2v) is 5.73. The lowest BCUT2D eigenvalue weighted by Gasteiger charge is -2.28. The van der Waals surface area contributed by atoms with Crippen LogP contribution in [0.5, 0.6) is 0 Å². The molecular weight excluding hydrogens is 190 g/mol. The van der Waals surface area contributed by atoms with Crippen LogP contribution in [0.4, 0.5) is 0 Å². The van der Waals surface area contributed by atoms with Crippen molar-refractivity contribution in [2.24, 2.45) is 5.41 Å². The first-order valence-electron chi connectivity index (χ1n) is 5.69. The first-order valence-corrected chi connectivity index (χ1v) is 5.69. The van der Waals surface area contributed by atoms with Gasteiger partial charge >= 0.3 is 0 Å². The van der Waals surface area contributed by atoms with E-state index in [9.17, 15) is 5.11 Å². The molecule has 1 atom stereocenters. The van der Waals surface area contributed by atoms with Gasteiger partial charge in [-0.25, -0.2) is 0 Å². The summed E-state index contributed by atoms with van der Waals surface area (Å²) in [6.45, 7) is 10.6. The Hall–Kier alpha value is -0.120. The Kier molecular flexibility index (Phi) is 6.41. The normalized spacial score (nSPS) is 16.4. The predicted octanol–water partition coefficient (Wildman–Crippen LogP) is 1.80. The standard InChI is InChI=1S/C12H27NO2/c1-11(2,3)6-7-12(4,14)10-13-8-9-15-5/h13-14H,6-10H2,1-5H3. The molecule has 0 saturated heterocycles. The average molecular weight is 217 g/mol. The van der Waals surface area contributed by atoms with Gasteiger partial charge in [0.2, 0.25) is 0 Å². The number of rotatable bonds is 7. The fourth-order valence-electron chi connectivity index (χ4n) is 1.26. The van der Waals surface area contributed by atoms with Gasteiger partial charge in [-0.05, 0) is 25.2 Å². The van der Waals surface area contributed by atoms with E-state index in [4.69, 9.17) is 4.74 Å². The summed E-state index contributed by atoms with van der Waals surface area (Å²) < 4.78 is 4.93. The summed E-state index contributed by atoms with van der Waals surface area (Å²) in [7, 11) is 1.68. The molecule has 0 aliphatic carbocycles. The van der Waals surface area contributed by atoms with Gasteiger partial charge in [0.25, 0.3) is 0 Å². The zero-order valence-corrected chi connectivity index (χ0v) is 10.9. The van der Waals surface area contributed by atoms with E-state index in [1.54, 1.807) is 7.11 Å². The van der Waals surface area contributed by atoms with E-state index in [2.05, 4.69) is 26.1 Å². The molecule has 0 fully saturated rings. The minimum Gasteiger partial charge on any atom is -0.389 e. The van der Waals surface area contributed by atoms with E-state index in [1.807, 2.05) is 6.92 Å². The van der Waals surface area contributed by atoms with Crippen molar-refractivity contribution in [3.63, 3.8) is 0 Å². The van der Waals surface area contributed by atoms with Crippen LogP contribution < -0.4 is 5.32 Å². The zero-order chi connectivity index (χ0) is 11.9. The molecule has 3 heteroatoms. The molecule has 0 spiro atoms. The van der Waals surface area contributed by atoms with Crippen molar-refractivity contribution >= 4 is 0 Å². The third-order valence-electron chi connectivity index (χ3n) is 2.40. The topological polar surface area (TPSA) is 41.5 Å². The summed E-state index contributed by atoms with van der Waals surface area (Å²) in [6.07, 6.45) is 1.86. The van der Waals surface area contributed by atoms with Gasteiger partial charge in [0.1, 0.15) is 0 Å². The molecule has 92 valence electrons. The molecule has 0 aromatic carbocycles. The van der Waals surface area contributed by atoms with Crippen molar-refractivity contribution in [3.05, 3.63) is 0 Å². The molecule has 0 radical (unpaired) electrons. The summed E-state index contributed by atoms with van der Waals surface area (Å²) in [4.78, 5) is 0. The largest absolute Gasteiger partial charge is 0.389 e. The molecule has 1 unspecified atom stereocenters. The number of aliphatic hydroxyl groups is 1. The van der Waals surface area contributed by atoms with Gasteiger partial charge in [-0.2, -0.15) is 0 Å². The van der Waals surface area contributed by atoms with Crippen LogP contribution in [0.25, 0.3) is 0 Å². The Morgan fingerprint density at radius 1 is 1.13 bits per heavy atom. The van der Waals surface area contributed by atoms with Crippen molar-refractivity contribution in [3.8, 4) is 0 Å². The molecule has 2 N–H and O–H groups in total.